The van der Waals surface area contributed by atoms with Gasteiger partial charge in [-0.25, -0.2) is 8.42 Å². The third-order valence-corrected chi connectivity index (χ3v) is 8.91. The molecule has 12 heteroatoms. The summed E-state index contributed by atoms with van der Waals surface area (Å²) in [4.78, 5) is 0. The molecule has 9 nitrogen and oxygen atoms in total. The van der Waals surface area contributed by atoms with Crippen molar-refractivity contribution >= 4 is 37.3 Å². The summed E-state index contributed by atoms with van der Waals surface area (Å²) in [6.45, 7) is 1.79. The maximum Gasteiger partial charge on any atom is 0.294 e. The van der Waals surface area contributed by atoms with Crippen molar-refractivity contribution in [1.29, 1.82) is 0 Å². The van der Waals surface area contributed by atoms with E-state index in [1.165, 1.54) is 21.1 Å². The van der Waals surface area contributed by atoms with Gasteiger partial charge in [0.1, 0.15) is 8.42 Å². The number of nitrogens with zero attached hydrogens (tertiary/aromatic N) is 2. The van der Waals surface area contributed by atoms with Gasteiger partial charge in [-0.1, -0.05) is 0 Å². The van der Waals surface area contributed by atoms with Crippen LogP contribution in [0, 0.1) is 0 Å². The smallest absolute Gasteiger partial charge is 0.294 e. The Kier molecular flexibility index (Phi) is 6.22. The number of β-amino-alcohol motifs (C(OH)–C–C–N with tert-alkyl or cyclic N) is 1. The molecular formula is C13H20N2O7S3. The van der Waals surface area contributed by atoms with Gasteiger partial charge in [0.25, 0.3) is 20.0 Å². The molecule has 0 saturated carbocycles. The molecule has 0 saturated heterocycles. The molecule has 25 heavy (non-hydrogen) atoms. The van der Waals surface area contributed by atoms with E-state index in [1.54, 1.807) is 0 Å². The van der Waals surface area contributed by atoms with Gasteiger partial charge in [-0.2, -0.15) is 12.7 Å². The lowest BCUT2D eigenvalue weighted by atomic mass is 10.2. The van der Waals surface area contributed by atoms with Crippen molar-refractivity contribution in [2.24, 2.45) is 4.40 Å². The van der Waals surface area contributed by atoms with Gasteiger partial charge in [-0.3, -0.25) is 0 Å². The second-order valence-corrected chi connectivity index (χ2v) is 10.3. The molecule has 1 aliphatic rings. The summed E-state index contributed by atoms with van der Waals surface area (Å²) in [6.07, 6.45) is -0.639. The number of methoxy groups -OCH3 is 2. The minimum Gasteiger partial charge on any atom is -0.484 e. The number of sulfonamides is 2. The molecular weight excluding hydrogens is 392 g/mol. The Labute approximate surface area is 151 Å². The Hall–Kier alpha value is -1.05. The van der Waals surface area contributed by atoms with E-state index < -0.39 is 26.2 Å². The highest BCUT2D eigenvalue weighted by atomic mass is 32.3. The summed E-state index contributed by atoms with van der Waals surface area (Å²) in [6, 6.07) is 1.16. The van der Waals surface area contributed by atoms with E-state index in [0.717, 1.165) is 10.4 Å². The van der Waals surface area contributed by atoms with E-state index in [4.69, 9.17) is 9.47 Å². The summed E-state index contributed by atoms with van der Waals surface area (Å²) < 4.78 is 63.7. The molecule has 0 aliphatic carbocycles. The lowest BCUT2D eigenvalue weighted by Crippen LogP contribution is -2.39. The first-order valence-corrected chi connectivity index (χ1v) is 11.0. The van der Waals surface area contributed by atoms with E-state index in [0.29, 0.717) is 24.4 Å². The number of hydrogen-bond acceptors (Lipinski definition) is 8. The van der Waals surface area contributed by atoms with Crippen LogP contribution in [-0.4, -0.2) is 66.1 Å². The number of aliphatic hydroxyl groups is 1. The lowest BCUT2D eigenvalue weighted by Gasteiger charge is -2.29. The summed E-state index contributed by atoms with van der Waals surface area (Å²) >= 11 is 0.577. The van der Waals surface area contributed by atoms with Crippen molar-refractivity contribution in [3.8, 4) is 0 Å². The van der Waals surface area contributed by atoms with Crippen LogP contribution < -0.4 is 0 Å². The molecule has 0 amide bonds. The summed E-state index contributed by atoms with van der Waals surface area (Å²) in [7, 11) is -5.20. The predicted molar refractivity (Wildman–Crippen MR) is 91.8 cm³/mol. The summed E-state index contributed by atoms with van der Waals surface area (Å²) in [5.41, 5.74) is 0.0804. The van der Waals surface area contributed by atoms with Gasteiger partial charge < -0.3 is 14.6 Å². The molecule has 0 aromatic carbocycles. The number of ether oxygens (including phenoxy) is 2. The zero-order chi connectivity index (χ0) is 18.8. The normalized spacial score (nSPS) is 21.1. The van der Waals surface area contributed by atoms with E-state index in [1.807, 2.05) is 0 Å². The van der Waals surface area contributed by atoms with Gasteiger partial charge in [-0.05, 0) is 12.5 Å². The fraction of sp³-hybridized carbons (Fsp3) is 0.615. The molecule has 2 heterocycles. The lowest BCUT2D eigenvalue weighted by molar-refractivity contribution is 0.131. The van der Waals surface area contributed by atoms with Gasteiger partial charge in [0.2, 0.25) is 0 Å². The molecule has 0 bridgehead atoms. The van der Waals surface area contributed by atoms with E-state index in [9.17, 15) is 21.9 Å². The Morgan fingerprint density at radius 3 is 2.76 bits per heavy atom. The molecule has 1 N–H and O–H groups in total. The van der Waals surface area contributed by atoms with E-state index in [2.05, 4.69) is 4.40 Å². The van der Waals surface area contributed by atoms with Crippen molar-refractivity contribution in [2.75, 3.05) is 33.9 Å². The van der Waals surface area contributed by atoms with Gasteiger partial charge in [-0.15, -0.1) is 15.7 Å². The van der Waals surface area contributed by atoms with Crippen LogP contribution in [0.15, 0.2) is 18.9 Å². The molecule has 1 aromatic heterocycles. The first kappa shape index (κ1) is 20.3. The van der Waals surface area contributed by atoms with Crippen LogP contribution in [0.25, 0.3) is 0 Å². The zero-order valence-corrected chi connectivity index (χ0v) is 16.4. The Balaban J connectivity index is 2.43. The maximum absolute atomic E-state index is 12.7. The maximum atomic E-state index is 12.7. The highest BCUT2D eigenvalue weighted by Crippen LogP contribution is 2.40. The Morgan fingerprint density at radius 1 is 1.48 bits per heavy atom. The monoisotopic (exact) mass is 412 g/mol. The van der Waals surface area contributed by atoms with Crippen LogP contribution in [-0.2, 0) is 29.5 Å². The second-order valence-electron chi connectivity index (χ2n) is 5.32. The fourth-order valence-electron chi connectivity index (χ4n) is 2.28. The molecule has 0 unspecified atom stereocenters. The third-order valence-electron chi connectivity index (χ3n) is 3.57. The van der Waals surface area contributed by atoms with Crippen molar-refractivity contribution < 1.29 is 31.4 Å². The zero-order valence-electron chi connectivity index (χ0n) is 14.0. The largest absolute Gasteiger partial charge is 0.484 e. The predicted octanol–water partition coefficient (Wildman–Crippen LogP) is 0.576. The Bertz CT molecular complexity index is 858. The molecule has 1 aromatic rings. The first-order valence-electron chi connectivity index (χ1n) is 7.30. The van der Waals surface area contributed by atoms with Gasteiger partial charge in [0.15, 0.2) is 5.90 Å². The minimum atomic E-state index is -4.11. The molecule has 1 atom stereocenters. The molecule has 142 valence electrons. The number of aliphatic hydroxyl groups excluding tert-OH is 1. The number of thiophene rings is 1. The first-order chi connectivity index (χ1) is 11.6. The molecule has 0 spiro atoms. The van der Waals surface area contributed by atoms with Crippen LogP contribution in [0.3, 0.4) is 0 Å². The van der Waals surface area contributed by atoms with Crippen molar-refractivity contribution in [3.63, 3.8) is 0 Å². The minimum absolute atomic E-state index is 0.0732. The van der Waals surface area contributed by atoms with Gasteiger partial charge >= 0.3 is 0 Å². The number of fused-ring (bicyclic) bond motifs is 1. The molecule has 2 rings (SSSR count). The van der Waals surface area contributed by atoms with Crippen molar-refractivity contribution in [3.05, 3.63) is 11.6 Å². The quantitative estimate of drug-likeness (QED) is 0.412. The van der Waals surface area contributed by atoms with Crippen LogP contribution in [0.5, 0.6) is 0 Å². The van der Waals surface area contributed by atoms with Crippen molar-refractivity contribution in [1.82, 2.24) is 4.31 Å². The van der Waals surface area contributed by atoms with E-state index >= 15 is 0 Å². The highest BCUT2D eigenvalue weighted by Gasteiger charge is 2.39. The summed E-state index contributed by atoms with van der Waals surface area (Å²) in [5, 5.41) is 10.2. The van der Waals surface area contributed by atoms with Crippen LogP contribution in [0.4, 0.5) is 0 Å². The fourth-order valence-corrected chi connectivity index (χ4v) is 7.12. The standard InChI is InChI=1S/C13H20N2O7S3/c1-9(22-3)14-24(17,18)12-7-10-11(16)8-15(5-4-6-21-2)25(19,20)13(10)23-12/h7,11,16H,4-6,8H2,1-3H3/b14-9-/t11-/m1/s1. The Morgan fingerprint density at radius 2 is 2.16 bits per heavy atom. The third kappa shape index (κ3) is 4.20. The average molecular weight is 413 g/mol. The highest BCUT2D eigenvalue weighted by molar-refractivity contribution is 7.94. The van der Waals surface area contributed by atoms with Crippen LogP contribution in [0.1, 0.15) is 25.0 Å². The van der Waals surface area contributed by atoms with Crippen molar-refractivity contribution in [2.45, 2.75) is 27.9 Å². The van der Waals surface area contributed by atoms with Gasteiger partial charge in [0, 0.05) is 39.3 Å². The van der Waals surface area contributed by atoms with E-state index in [-0.39, 0.29) is 33.0 Å². The topological polar surface area (TPSA) is 123 Å². The number of rotatable bonds is 6. The molecule has 0 fully saturated rings. The molecule has 0 radical (unpaired) electrons. The SMILES string of the molecule is COCCCN1C[C@@H](O)c2cc(S(=O)(=O)/N=C(/C)OC)sc2S1(=O)=O. The number of hydrogen-bond donors (Lipinski definition) is 1. The van der Waals surface area contributed by atoms with Crippen LogP contribution >= 0.6 is 11.3 Å². The second kappa shape index (κ2) is 7.68. The molecule has 1 aliphatic heterocycles. The van der Waals surface area contributed by atoms with Crippen LogP contribution in [0.2, 0.25) is 0 Å². The van der Waals surface area contributed by atoms with Gasteiger partial charge in [0.05, 0.1) is 13.2 Å². The summed E-state index contributed by atoms with van der Waals surface area (Å²) in [5.74, 6) is -0.0732. The average Bonchev–Trinajstić information content (AvgIpc) is 3.00.